The van der Waals surface area contributed by atoms with Gasteiger partial charge in [-0.1, -0.05) is 221 Å². The fraction of sp³-hybridized carbons (Fsp3) is 0.709. The smallest absolute Gasteiger partial charge is 0.306 e. The number of carbonyl (C=O) groups is 2. The fourth-order valence-corrected chi connectivity index (χ4v) is 6.69. The van der Waals surface area contributed by atoms with Gasteiger partial charge in [-0.15, -0.1) is 0 Å². The molecule has 0 rings (SSSR count). The van der Waals surface area contributed by atoms with Gasteiger partial charge in [-0.05, 0) is 77.0 Å². The van der Waals surface area contributed by atoms with Crippen molar-refractivity contribution >= 4 is 11.9 Å². The van der Waals surface area contributed by atoms with E-state index >= 15 is 0 Å². The number of hydrogen-bond donors (Lipinski definition) is 0. The van der Waals surface area contributed by atoms with Gasteiger partial charge in [0.25, 0.3) is 0 Å². The van der Waals surface area contributed by atoms with Crippen LogP contribution in [0.1, 0.15) is 226 Å². The van der Waals surface area contributed by atoms with Crippen molar-refractivity contribution in [3.8, 4) is 0 Å². The van der Waals surface area contributed by atoms with Crippen molar-refractivity contribution in [3.63, 3.8) is 0 Å². The van der Waals surface area contributed by atoms with Gasteiger partial charge in [-0.3, -0.25) is 9.59 Å². The number of esters is 2. The maximum Gasteiger partial charge on any atom is 0.306 e. The normalized spacial score (nSPS) is 12.9. The van der Waals surface area contributed by atoms with E-state index in [-0.39, 0.29) is 25.2 Å². The van der Waals surface area contributed by atoms with Gasteiger partial charge in [0, 0.05) is 19.4 Å². The summed E-state index contributed by atoms with van der Waals surface area (Å²) in [5.74, 6) is -0.496. The zero-order chi connectivity index (χ0) is 43.5. The van der Waals surface area contributed by atoms with Crippen LogP contribution in [0.3, 0.4) is 0 Å². The summed E-state index contributed by atoms with van der Waals surface area (Å²) in [5, 5.41) is 0. The SMILES string of the molecule is CC/C=C\C/C=C\C/C=C\C/C=C\C/C=C\C/C=C\CCC(=O)OCC(COCCCCCCCC/C=C\CCCC)OC(=O)CCCCCCCCCCCCCCC. The Hall–Kier alpha value is -2.92. The van der Waals surface area contributed by atoms with Crippen molar-refractivity contribution in [1.29, 1.82) is 0 Å². The highest BCUT2D eigenvalue weighted by Crippen LogP contribution is 2.14. The molecule has 0 aliphatic carbocycles. The van der Waals surface area contributed by atoms with Crippen molar-refractivity contribution in [1.82, 2.24) is 0 Å². The van der Waals surface area contributed by atoms with Crippen molar-refractivity contribution in [2.24, 2.45) is 0 Å². The molecule has 1 unspecified atom stereocenters. The standard InChI is InChI=1S/C55H94O5/c1-4-7-10-13-16-19-22-25-26-27-28-29-30-32-33-36-39-42-45-48-54(56)59-52-53(51-58-50-47-44-41-38-35-24-21-18-15-12-9-6-3)60-55(57)49-46-43-40-37-34-31-23-20-17-14-11-8-5-2/h7,10,15-16,18-19,25-26,28-29,32-33,39,42,53H,4-6,8-9,11-14,17,20-24,27,30-31,34-38,40-41,43-52H2,1-3H3/b10-7-,18-15-,19-16-,26-25-,29-28-,33-32-,42-39-. The number of hydrogen-bond acceptors (Lipinski definition) is 5. The zero-order valence-electron chi connectivity index (χ0n) is 39.5. The lowest BCUT2D eigenvalue weighted by Crippen LogP contribution is -2.30. The van der Waals surface area contributed by atoms with Gasteiger partial charge in [0.05, 0.1) is 6.61 Å². The Morgan fingerprint density at radius 1 is 0.383 bits per heavy atom. The Balaban J connectivity index is 4.37. The summed E-state index contributed by atoms with van der Waals surface area (Å²) in [4.78, 5) is 25.3. The van der Waals surface area contributed by atoms with Crippen LogP contribution in [0.5, 0.6) is 0 Å². The summed E-state index contributed by atoms with van der Waals surface area (Å²) in [5.41, 5.74) is 0. The summed E-state index contributed by atoms with van der Waals surface area (Å²) < 4.78 is 17.3. The average molecular weight is 835 g/mol. The Kier molecular flexibility index (Phi) is 48.0. The molecule has 0 aliphatic rings. The molecule has 5 nitrogen and oxygen atoms in total. The van der Waals surface area contributed by atoms with Crippen LogP contribution < -0.4 is 0 Å². The first kappa shape index (κ1) is 57.1. The molecule has 1 atom stereocenters. The lowest BCUT2D eigenvalue weighted by atomic mass is 10.0. The maximum absolute atomic E-state index is 12.8. The van der Waals surface area contributed by atoms with Crippen LogP contribution in [-0.2, 0) is 23.8 Å². The van der Waals surface area contributed by atoms with Gasteiger partial charge in [0.2, 0.25) is 0 Å². The van der Waals surface area contributed by atoms with E-state index in [1.807, 2.05) is 6.08 Å². The van der Waals surface area contributed by atoms with Gasteiger partial charge in [-0.25, -0.2) is 0 Å². The minimum absolute atomic E-state index is 0.0415. The summed E-state index contributed by atoms with van der Waals surface area (Å²) in [6, 6.07) is 0. The topological polar surface area (TPSA) is 61.8 Å². The minimum atomic E-state index is -0.570. The maximum atomic E-state index is 12.8. The summed E-state index contributed by atoms with van der Waals surface area (Å²) in [7, 11) is 0. The van der Waals surface area contributed by atoms with Crippen LogP contribution in [0.25, 0.3) is 0 Å². The lowest BCUT2D eigenvalue weighted by Gasteiger charge is -2.18. The first-order valence-corrected chi connectivity index (χ1v) is 25.1. The number of carbonyl (C=O) groups excluding carboxylic acids is 2. The third-order valence-corrected chi connectivity index (χ3v) is 10.4. The highest BCUT2D eigenvalue weighted by molar-refractivity contribution is 5.70. The Labute approximate surface area is 371 Å². The van der Waals surface area contributed by atoms with Crippen LogP contribution in [0.4, 0.5) is 0 Å². The minimum Gasteiger partial charge on any atom is -0.462 e. The number of unbranched alkanes of at least 4 members (excludes halogenated alkanes) is 20. The molecule has 0 aromatic heterocycles. The molecular formula is C55H94O5. The highest BCUT2D eigenvalue weighted by Gasteiger charge is 2.17. The molecule has 5 heteroatoms. The molecule has 0 radical (unpaired) electrons. The Bertz CT molecular complexity index is 1130. The average Bonchev–Trinajstić information content (AvgIpc) is 3.25. The zero-order valence-corrected chi connectivity index (χ0v) is 39.5. The van der Waals surface area contributed by atoms with Crippen LogP contribution in [0.2, 0.25) is 0 Å². The quantitative estimate of drug-likeness (QED) is 0.0347. The molecular weight excluding hydrogens is 741 g/mol. The molecule has 0 spiro atoms. The molecule has 0 saturated heterocycles. The fourth-order valence-electron chi connectivity index (χ4n) is 6.69. The second-order valence-electron chi connectivity index (χ2n) is 16.3. The van der Waals surface area contributed by atoms with Gasteiger partial charge >= 0.3 is 11.9 Å². The largest absolute Gasteiger partial charge is 0.462 e. The molecule has 0 N–H and O–H groups in total. The van der Waals surface area contributed by atoms with E-state index in [0.717, 1.165) is 64.2 Å². The molecule has 0 saturated carbocycles. The predicted octanol–water partition coefficient (Wildman–Crippen LogP) is 16.9. The van der Waals surface area contributed by atoms with Gasteiger partial charge in [-0.2, -0.15) is 0 Å². The van der Waals surface area contributed by atoms with Crippen molar-refractivity contribution < 1.29 is 23.8 Å². The molecule has 0 amide bonds. The van der Waals surface area contributed by atoms with Crippen LogP contribution >= 0.6 is 0 Å². The molecule has 0 fully saturated rings. The molecule has 0 aromatic carbocycles. The third-order valence-electron chi connectivity index (χ3n) is 10.4. The Morgan fingerprint density at radius 2 is 0.800 bits per heavy atom. The molecule has 0 bridgehead atoms. The van der Waals surface area contributed by atoms with E-state index in [9.17, 15) is 9.59 Å². The molecule has 0 aliphatic heterocycles. The van der Waals surface area contributed by atoms with Crippen molar-refractivity contribution in [3.05, 3.63) is 85.1 Å². The summed E-state index contributed by atoms with van der Waals surface area (Å²) >= 11 is 0. The second kappa shape index (κ2) is 50.4. The van der Waals surface area contributed by atoms with E-state index in [2.05, 4.69) is 99.8 Å². The number of allylic oxidation sites excluding steroid dienone is 14. The number of rotatable bonds is 45. The molecule has 344 valence electrons. The van der Waals surface area contributed by atoms with Crippen LogP contribution in [-0.4, -0.2) is 37.9 Å². The Morgan fingerprint density at radius 3 is 1.32 bits per heavy atom. The molecule has 60 heavy (non-hydrogen) atoms. The van der Waals surface area contributed by atoms with Crippen molar-refractivity contribution in [2.45, 2.75) is 232 Å². The van der Waals surface area contributed by atoms with Crippen LogP contribution in [0, 0.1) is 0 Å². The third kappa shape index (κ3) is 47.8. The summed E-state index contributed by atoms with van der Waals surface area (Å²) in [6.07, 6.45) is 66.0. The van der Waals surface area contributed by atoms with Crippen molar-refractivity contribution in [2.75, 3.05) is 19.8 Å². The molecule has 0 heterocycles. The van der Waals surface area contributed by atoms with E-state index in [0.29, 0.717) is 25.9 Å². The lowest BCUT2D eigenvalue weighted by molar-refractivity contribution is -0.162. The van der Waals surface area contributed by atoms with E-state index < -0.39 is 6.10 Å². The highest BCUT2D eigenvalue weighted by atomic mass is 16.6. The second-order valence-corrected chi connectivity index (χ2v) is 16.3. The van der Waals surface area contributed by atoms with E-state index in [4.69, 9.17) is 14.2 Å². The predicted molar refractivity (Wildman–Crippen MR) is 260 cm³/mol. The molecule has 0 aromatic rings. The first-order chi connectivity index (χ1) is 29.6. The monoisotopic (exact) mass is 835 g/mol. The first-order valence-electron chi connectivity index (χ1n) is 25.1. The number of ether oxygens (including phenoxy) is 3. The summed E-state index contributed by atoms with van der Waals surface area (Å²) in [6.45, 7) is 7.59. The van der Waals surface area contributed by atoms with E-state index in [1.165, 1.54) is 122 Å². The van der Waals surface area contributed by atoms with Gasteiger partial charge in [0.15, 0.2) is 6.10 Å². The van der Waals surface area contributed by atoms with E-state index in [1.54, 1.807) is 0 Å². The van der Waals surface area contributed by atoms with Crippen LogP contribution in [0.15, 0.2) is 85.1 Å². The van der Waals surface area contributed by atoms with Gasteiger partial charge in [0.1, 0.15) is 6.61 Å². The van der Waals surface area contributed by atoms with Gasteiger partial charge < -0.3 is 14.2 Å².